The molecule has 6 nitrogen and oxygen atoms in total. The van der Waals surface area contributed by atoms with Crippen LogP contribution in [0.25, 0.3) is 0 Å². The van der Waals surface area contributed by atoms with Crippen molar-refractivity contribution in [2.45, 2.75) is 38.8 Å². The first-order chi connectivity index (χ1) is 8.97. The molecule has 2 aliphatic rings. The van der Waals surface area contributed by atoms with Crippen LogP contribution in [0.3, 0.4) is 0 Å². The summed E-state index contributed by atoms with van der Waals surface area (Å²) in [6, 6.07) is 0.0504. The molecule has 106 valence electrons. The molecule has 2 N–H and O–H groups in total. The van der Waals surface area contributed by atoms with Gasteiger partial charge in [0.25, 0.3) is 0 Å². The fraction of sp³-hybridized carbons (Fsp3) is 0.615. The molecule has 0 bridgehead atoms. The van der Waals surface area contributed by atoms with E-state index in [4.69, 9.17) is 9.57 Å². The summed E-state index contributed by atoms with van der Waals surface area (Å²) in [5, 5.41) is 3.24. The number of ether oxygens (including phenoxy) is 1. The Morgan fingerprint density at radius 1 is 1.53 bits per heavy atom. The van der Waals surface area contributed by atoms with Crippen LogP contribution in [0, 0.1) is 0 Å². The van der Waals surface area contributed by atoms with E-state index in [0.717, 1.165) is 19.5 Å². The second-order valence-electron chi connectivity index (χ2n) is 5.58. The predicted molar refractivity (Wildman–Crippen MR) is 70.8 cm³/mol. The van der Waals surface area contributed by atoms with Crippen LogP contribution in [0.5, 0.6) is 0 Å². The minimum atomic E-state index is -0.528. The first-order valence-electron chi connectivity index (χ1n) is 6.49. The second kappa shape index (κ2) is 5.52. The molecule has 2 aliphatic heterocycles. The number of nitrogens with one attached hydrogen (secondary N) is 2. The maximum absolute atomic E-state index is 12.3. The Bertz CT molecular complexity index is 392. The highest BCUT2D eigenvalue weighted by molar-refractivity contribution is 5.70. The van der Waals surface area contributed by atoms with Gasteiger partial charge in [0, 0.05) is 18.8 Å². The van der Waals surface area contributed by atoms with Gasteiger partial charge in [-0.05, 0) is 39.8 Å². The molecule has 0 saturated carbocycles. The van der Waals surface area contributed by atoms with Gasteiger partial charge in [0.1, 0.15) is 5.60 Å². The van der Waals surface area contributed by atoms with E-state index in [2.05, 4.69) is 10.8 Å². The lowest BCUT2D eigenvalue weighted by molar-refractivity contribution is -0.00452. The molecule has 1 fully saturated rings. The number of hydroxylamine groups is 1. The van der Waals surface area contributed by atoms with Gasteiger partial charge in [-0.15, -0.1) is 0 Å². The molecule has 2 rings (SSSR count). The van der Waals surface area contributed by atoms with Gasteiger partial charge in [-0.1, -0.05) is 0 Å². The molecule has 0 aromatic carbocycles. The Morgan fingerprint density at radius 3 is 2.84 bits per heavy atom. The van der Waals surface area contributed by atoms with Gasteiger partial charge in [-0.2, -0.15) is 0 Å². The topological polar surface area (TPSA) is 62.8 Å². The smallest absolute Gasteiger partial charge is 0.417 e. The Labute approximate surface area is 113 Å². The average molecular weight is 267 g/mol. The van der Waals surface area contributed by atoms with Crippen molar-refractivity contribution in [3.63, 3.8) is 0 Å². The SMILES string of the molecule is CC(C)(C)OC(=O)N(C1=CC=CNO1)C1CCNC1. The van der Waals surface area contributed by atoms with Crippen molar-refractivity contribution in [1.29, 1.82) is 0 Å². The summed E-state index contributed by atoms with van der Waals surface area (Å²) in [5.74, 6) is 0.463. The molecule has 6 heteroatoms. The summed E-state index contributed by atoms with van der Waals surface area (Å²) in [6.45, 7) is 7.18. The van der Waals surface area contributed by atoms with Gasteiger partial charge in [-0.3, -0.25) is 0 Å². The quantitative estimate of drug-likeness (QED) is 0.793. The van der Waals surface area contributed by atoms with E-state index in [9.17, 15) is 4.79 Å². The van der Waals surface area contributed by atoms with E-state index >= 15 is 0 Å². The maximum atomic E-state index is 12.3. The van der Waals surface area contributed by atoms with Gasteiger partial charge in [0.05, 0.1) is 6.04 Å². The highest BCUT2D eigenvalue weighted by atomic mass is 16.7. The van der Waals surface area contributed by atoms with Crippen LogP contribution in [0.2, 0.25) is 0 Å². The van der Waals surface area contributed by atoms with Gasteiger partial charge < -0.3 is 14.9 Å². The molecule has 1 unspecified atom stereocenters. The fourth-order valence-corrected chi connectivity index (χ4v) is 2.02. The minimum Gasteiger partial charge on any atom is -0.443 e. The van der Waals surface area contributed by atoms with Crippen molar-refractivity contribution in [3.8, 4) is 0 Å². The van der Waals surface area contributed by atoms with Gasteiger partial charge in [-0.25, -0.2) is 15.2 Å². The predicted octanol–water partition coefficient (Wildman–Crippen LogP) is 1.48. The lowest BCUT2D eigenvalue weighted by Crippen LogP contribution is -2.45. The van der Waals surface area contributed by atoms with Crippen molar-refractivity contribution < 1.29 is 14.4 Å². The number of rotatable bonds is 2. The van der Waals surface area contributed by atoms with Crippen LogP contribution in [0.1, 0.15) is 27.2 Å². The van der Waals surface area contributed by atoms with Crippen molar-refractivity contribution in [2.75, 3.05) is 13.1 Å². The van der Waals surface area contributed by atoms with E-state index in [1.54, 1.807) is 23.3 Å². The molecule has 0 aliphatic carbocycles. The molecular weight excluding hydrogens is 246 g/mol. The number of carbonyl (C=O) groups is 1. The summed E-state index contributed by atoms with van der Waals surface area (Å²) in [4.78, 5) is 19.2. The van der Waals surface area contributed by atoms with E-state index in [1.165, 1.54) is 0 Å². The normalized spacial score (nSPS) is 22.3. The molecule has 19 heavy (non-hydrogen) atoms. The third kappa shape index (κ3) is 3.64. The zero-order chi connectivity index (χ0) is 13.9. The van der Waals surface area contributed by atoms with E-state index < -0.39 is 5.60 Å². The molecule has 0 aromatic rings. The zero-order valence-electron chi connectivity index (χ0n) is 11.6. The van der Waals surface area contributed by atoms with E-state index in [0.29, 0.717) is 5.88 Å². The van der Waals surface area contributed by atoms with Crippen molar-refractivity contribution in [3.05, 3.63) is 24.2 Å². The molecule has 1 amide bonds. The molecule has 0 aromatic heterocycles. The number of hydrogen-bond acceptors (Lipinski definition) is 5. The number of carbonyl (C=O) groups excluding carboxylic acids is 1. The maximum Gasteiger partial charge on any atom is 0.417 e. The highest BCUT2D eigenvalue weighted by Crippen LogP contribution is 2.21. The Kier molecular flexibility index (Phi) is 3.99. The van der Waals surface area contributed by atoms with E-state index in [1.807, 2.05) is 20.8 Å². The minimum absolute atomic E-state index is 0.0504. The Morgan fingerprint density at radius 2 is 2.32 bits per heavy atom. The monoisotopic (exact) mass is 267 g/mol. The van der Waals surface area contributed by atoms with Gasteiger partial charge >= 0.3 is 6.09 Å². The lowest BCUT2D eigenvalue weighted by Gasteiger charge is -2.32. The standard InChI is InChI=1S/C13H21N3O3/c1-13(2,3)18-12(17)16(10-6-8-14-9-10)11-5-4-7-15-19-11/h4-5,7,10,14-15H,6,8-9H2,1-3H3. The molecule has 1 saturated heterocycles. The number of nitrogens with zero attached hydrogens (tertiary/aromatic N) is 1. The number of amides is 1. The van der Waals surface area contributed by atoms with Crippen LogP contribution < -0.4 is 10.8 Å². The molecular formula is C13H21N3O3. The van der Waals surface area contributed by atoms with Gasteiger partial charge in [0.15, 0.2) is 0 Å². The summed E-state index contributed by atoms with van der Waals surface area (Å²) in [6.07, 6.45) is 5.69. The summed E-state index contributed by atoms with van der Waals surface area (Å²) >= 11 is 0. The number of allylic oxidation sites excluding steroid dienone is 2. The summed E-state index contributed by atoms with van der Waals surface area (Å²) < 4.78 is 5.45. The third-order valence-electron chi connectivity index (χ3n) is 2.79. The lowest BCUT2D eigenvalue weighted by atomic mass is 10.2. The van der Waals surface area contributed by atoms with Crippen LogP contribution >= 0.6 is 0 Å². The van der Waals surface area contributed by atoms with Gasteiger partial charge in [0.2, 0.25) is 5.88 Å². The van der Waals surface area contributed by atoms with Crippen molar-refractivity contribution in [1.82, 2.24) is 15.7 Å². The first kappa shape index (κ1) is 13.7. The summed E-state index contributed by atoms with van der Waals surface area (Å²) in [7, 11) is 0. The van der Waals surface area contributed by atoms with E-state index in [-0.39, 0.29) is 12.1 Å². The Hall–Kier alpha value is -1.69. The Balaban J connectivity index is 2.16. The highest BCUT2D eigenvalue weighted by Gasteiger charge is 2.34. The third-order valence-corrected chi connectivity index (χ3v) is 2.79. The molecule has 0 radical (unpaired) electrons. The van der Waals surface area contributed by atoms with Crippen LogP contribution in [-0.2, 0) is 9.57 Å². The average Bonchev–Trinajstić information content (AvgIpc) is 2.82. The first-order valence-corrected chi connectivity index (χ1v) is 6.49. The fourth-order valence-electron chi connectivity index (χ4n) is 2.02. The molecule has 1 atom stereocenters. The molecule has 2 heterocycles. The van der Waals surface area contributed by atoms with Crippen LogP contribution in [0.15, 0.2) is 24.2 Å². The van der Waals surface area contributed by atoms with Crippen molar-refractivity contribution in [2.24, 2.45) is 0 Å². The number of hydrogen-bond donors (Lipinski definition) is 2. The van der Waals surface area contributed by atoms with Crippen molar-refractivity contribution >= 4 is 6.09 Å². The van der Waals surface area contributed by atoms with Crippen LogP contribution in [0.4, 0.5) is 4.79 Å². The van der Waals surface area contributed by atoms with Crippen LogP contribution in [-0.4, -0.2) is 35.7 Å². The summed E-state index contributed by atoms with van der Waals surface area (Å²) in [5.41, 5.74) is 2.11. The largest absolute Gasteiger partial charge is 0.443 e. The zero-order valence-corrected chi connectivity index (χ0v) is 11.6. The molecule has 0 spiro atoms. The second-order valence-corrected chi connectivity index (χ2v) is 5.58.